The molecule has 3 aliphatic carbocycles. The average molecular weight is 336 g/mol. The van der Waals surface area contributed by atoms with E-state index in [9.17, 15) is 20.6 Å². The SMILES string of the molecule is N#CC1(C#N)C23CCCCC2CC2(CCCC(=O)C2)C1(C#N)C(=N)O3. The lowest BCUT2D eigenvalue weighted by atomic mass is 9.37. The summed E-state index contributed by atoms with van der Waals surface area (Å²) in [4.78, 5) is 12.3. The van der Waals surface area contributed by atoms with E-state index < -0.39 is 21.8 Å². The van der Waals surface area contributed by atoms with Crippen LogP contribution in [-0.2, 0) is 9.53 Å². The standard InChI is InChI=1S/C19H20N4O2/c20-10-17(11-21)18(12-22)15(23)25-19(17)7-2-1-4-13(19)8-16(18)6-3-5-14(24)9-16/h13,23H,1-9H2. The van der Waals surface area contributed by atoms with Gasteiger partial charge in [0.2, 0.25) is 11.3 Å². The molecule has 1 aliphatic heterocycles. The monoisotopic (exact) mass is 336 g/mol. The van der Waals surface area contributed by atoms with Crippen LogP contribution in [0.3, 0.4) is 0 Å². The van der Waals surface area contributed by atoms with Crippen LogP contribution in [0.15, 0.2) is 0 Å². The third-order valence-corrected chi connectivity index (χ3v) is 7.41. The van der Waals surface area contributed by atoms with Crippen molar-refractivity contribution in [3.8, 4) is 18.2 Å². The summed E-state index contributed by atoms with van der Waals surface area (Å²) in [5, 5.41) is 39.1. The number of rotatable bonds is 0. The molecule has 0 aromatic heterocycles. The van der Waals surface area contributed by atoms with E-state index in [1.54, 1.807) is 0 Å². The van der Waals surface area contributed by atoms with Crippen molar-refractivity contribution in [2.75, 3.05) is 0 Å². The molecule has 6 heteroatoms. The van der Waals surface area contributed by atoms with Crippen molar-refractivity contribution in [2.45, 2.75) is 63.4 Å². The quantitative estimate of drug-likeness (QED) is 0.728. The number of carbonyl (C=O) groups excluding carboxylic acids is 1. The minimum Gasteiger partial charge on any atom is -0.470 e. The largest absolute Gasteiger partial charge is 0.470 e. The first kappa shape index (κ1) is 16.1. The number of hydrogen-bond donors (Lipinski definition) is 1. The molecule has 0 aromatic rings. The summed E-state index contributed by atoms with van der Waals surface area (Å²) in [6.45, 7) is 0. The number of Topliss-reactive ketones (excluding diaryl/α,β-unsaturated/α-hetero) is 1. The van der Waals surface area contributed by atoms with Crippen molar-refractivity contribution in [2.24, 2.45) is 22.2 Å². The minimum absolute atomic E-state index is 0.0595. The molecule has 4 rings (SSSR count). The molecular formula is C19H20N4O2. The summed E-state index contributed by atoms with van der Waals surface area (Å²) in [5.74, 6) is -0.248. The number of nitrogens with zero attached hydrogens (tertiary/aromatic N) is 3. The van der Waals surface area contributed by atoms with E-state index in [4.69, 9.17) is 10.1 Å². The van der Waals surface area contributed by atoms with Crippen molar-refractivity contribution in [3.05, 3.63) is 0 Å². The summed E-state index contributed by atoms with van der Waals surface area (Å²) in [6, 6.07) is 6.55. The van der Waals surface area contributed by atoms with Gasteiger partial charge in [-0.25, -0.2) is 0 Å². The number of fused-ring (bicyclic) bond motifs is 2. The van der Waals surface area contributed by atoms with Crippen LogP contribution in [0.25, 0.3) is 0 Å². The zero-order valence-electron chi connectivity index (χ0n) is 14.1. The Kier molecular flexibility index (Phi) is 3.11. The lowest BCUT2D eigenvalue weighted by Crippen LogP contribution is -2.67. The van der Waals surface area contributed by atoms with Crippen molar-refractivity contribution < 1.29 is 9.53 Å². The lowest BCUT2D eigenvalue weighted by Gasteiger charge is -2.58. The van der Waals surface area contributed by atoms with Gasteiger partial charge in [-0.3, -0.25) is 10.2 Å². The Hall–Kier alpha value is -2.39. The molecular weight excluding hydrogens is 316 g/mol. The van der Waals surface area contributed by atoms with Crippen LogP contribution < -0.4 is 0 Å². The van der Waals surface area contributed by atoms with Gasteiger partial charge in [0.05, 0.1) is 18.2 Å². The van der Waals surface area contributed by atoms with Gasteiger partial charge in [0.25, 0.3) is 0 Å². The molecule has 128 valence electrons. The van der Waals surface area contributed by atoms with Gasteiger partial charge in [0, 0.05) is 24.2 Å². The van der Waals surface area contributed by atoms with E-state index in [0.29, 0.717) is 32.1 Å². The highest BCUT2D eigenvalue weighted by Crippen LogP contribution is 2.75. The van der Waals surface area contributed by atoms with Gasteiger partial charge in [-0.15, -0.1) is 0 Å². The second-order valence-electron chi connectivity index (χ2n) is 8.15. The maximum Gasteiger partial charge on any atom is 0.210 e. The summed E-state index contributed by atoms with van der Waals surface area (Å²) in [6.07, 6.45) is 5.62. The van der Waals surface area contributed by atoms with Gasteiger partial charge in [-0.1, -0.05) is 6.42 Å². The maximum atomic E-state index is 12.3. The van der Waals surface area contributed by atoms with E-state index >= 15 is 0 Å². The van der Waals surface area contributed by atoms with Crippen molar-refractivity contribution in [1.29, 1.82) is 21.2 Å². The summed E-state index contributed by atoms with van der Waals surface area (Å²) >= 11 is 0. The Morgan fingerprint density at radius 1 is 1.08 bits per heavy atom. The zero-order chi connectivity index (χ0) is 17.9. The molecule has 4 aliphatic rings. The van der Waals surface area contributed by atoms with Gasteiger partial charge in [-0.05, 0) is 38.5 Å². The molecule has 3 saturated carbocycles. The average Bonchev–Trinajstić information content (AvgIpc) is 2.77. The van der Waals surface area contributed by atoms with E-state index in [-0.39, 0.29) is 24.0 Å². The number of carbonyl (C=O) groups is 1. The van der Waals surface area contributed by atoms with E-state index in [1.165, 1.54) is 0 Å². The van der Waals surface area contributed by atoms with Gasteiger partial charge >= 0.3 is 0 Å². The van der Waals surface area contributed by atoms with Crippen LogP contribution in [0.4, 0.5) is 0 Å². The predicted molar refractivity (Wildman–Crippen MR) is 85.7 cm³/mol. The highest BCUT2D eigenvalue weighted by molar-refractivity contribution is 5.93. The molecule has 0 amide bonds. The molecule has 4 fully saturated rings. The van der Waals surface area contributed by atoms with Crippen molar-refractivity contribution >= 4 is 11.7 Å². The number of ketones is 1. The fraction of sp³-hybridized carbons (Fsp3) is 0.737. The third kappa shape index (κ3) is 1.45. The first-order chi connectivity index (χ1) is 12.0. The Labute approximate surface area is 146 Å². The van der Waals surface area contributed by atoms with Crippen LogP contribution in [0.1, 0.15) is 57.8 Å². The molecule has 2 spiro atoms. The van der Waals surface area contributed by atoms with Crippen LogP contribution in [-0.4, -0.2) is 17.3 Å². The Balaban J connectivity index is 2.05. The molecule has 1 N–H and O–H groups in total. The van der Waals surface area contributed by atoms with Crippen LogP contribution in [0, 0.1) is 61.6 Å². The maximum absolute atomic E-state index is 12.3. The fourth-order valence-electron chi connectivity index (χ4n) is 6.50. The van der Waals surface area contributed by atoms with Crippen LogP contribution in [0.5, 0.6) is 0 Å². The van der Waals surface area contributed by atoms with Gasteiger partial charge in [0.15, 0.2) is 5.41 Å². The number of nitrogens with one attached hydrogen (secondary N) is 1. The molecule has 1 saturated heterocycles. The molecule has 6 nitrogen and oxygen atoms in total. The molecule has 4 atom stereocenters. The third-order valence-electron chi connectivity index (χ3n) is 7.41. The second kappa shape index (κ2) is 4.83. The molecule has 2 bridgehead atoms. The van der Waals surface area contributed by atoms with E-state index in [1.807, 2.05) is 0 Å². The topological polar surface area (TPSA) is 122 Å². The van der Waals surface area contributed by atoms with E-state index in [2.05, 4.69) is 18.2 Å². The normalized spacial score (nSPS) is 44.1. The van der Waals surface area contributed by atoms with Gasteiger partial charge in [0.1, 0.15) is 11.4 Å². The summed E-state index contributed by atoms with van der Waals surface area (Å²) < 4.78 is 6.04. The highest BCUT2D eigenvalue weighted by Gasteiger charge is 2.86. The highest BCUT2D eigenvalue weighted by atomic mass is 16.5. The molecule has 1 heterocycles. The predicted octanol–water partition coefficient (Wildman–Crippen LogP) is 3.00. The van der Waals surface area contributed by atoms with E-state index in [0.717, 1.165) is 19.3 Å². The molecule has 4 unspecified atom stereocenters. The van der Waals surface area contributed by atoms with Crippen molar-refractivity contribution in [3.63, 3.8) is 0 Å². The Morgan fingerprint density at radius 2 is 1.84 bits per heavy atom. The first-order valence-corrected chi connectivity index (χ1v) is 9.01. The van der Waals surface area contributed by atoms with Gasteiger partial charge in [-0.2, -0.15) is 15.8 Å². The minimum atomic E-state index is -1.72. The van der Waals surface area contributed by atoms with Crippen LogP contribution in [0.2, 0.25) is 0 Å². The Bertz CT molecular complexity index is 786. The first-order valence-electron chi connectivity index (χ1n) is 9.01. The number of hydrogen-bond acceptors (Lipinski definition) is 6. The number of nitriles is 3. The smallest absolute Gasteiger partial charge is 0.210 e. The fourth-order valence-corrected chi connectivity index (χ4v) is 6.50. The molecule has 0 radical (unpaired) electrons. The summed E-state index contributed by atoms with van der Waals surface area (Å²) in [7, 11) is 0. The lowest BCUT2D eigenvalue weighted by molar-refractivity contribution is -0.153. The number of ether oxygens (including phenoxy) is 1. The second-order valence-corrected chi connectivity index (χ2v) is 8.15. The van der Waals surface area contributed by atoms with Crippen molar-refractivity contribution in [1.82, 2.24) is 0 Å². The van der Waals surface area contributed by atoms with Crippen LogP contribution >= 0.6 is 0 Å². The Morgan fingerprint density at radius 3 is 2.48 bits per heavy atom. The molecule has 25 heavy (non-hydrogen) atoms. The molecule has 0 aromatic carbocycles. The van der Waals surface area contributed by atoms with Gasteiger partial charge < -0.3 is 4.74 Å². The summed E-state index contributed by atoms with van der Waals surface area (Å²) in [5.41, 5.74) is -5.27. The zero-order valence-corrected chi connectivity index (χ0v) is 14.1.